The maximum atomic E-state index is 10.7. The van der Waals surface area contributed by atoms with Gasteiger partial charge in [0.1, 0.15) is 6.29 Å². The summed E-state index contributed by atoms with van der Waals surface area (Å²) >= 11 is 3.42. The Kier molecular flexibility index (Phi) is 3.54. The van der Waals surface area contributed by atoms with Gasteiger partial charge in [0, 0.05) is 10.5 Å². The highest BCUT2D eigenvalue weighted by Gasteiger charge is 2.21. The molecule has 2 atom stereocenters. The van der Waals surface area contributed by atoms with Crippen molar-refractivity contribution in [1.82, 2.24) is 5.32 Å². The fourth-order valence-electron chi connectivity index (χ4n) is 2.03. The van der Waals surface area contributed by atoms with Gasteiger partial charge in [-0.2, -0.15) is 0 Å². The molecule has 1 N–H and O–H groups in total. The number of benzene rings is 1. The maximum absolute atomic E-state index is 10.7. The summed E-state index contributed by atoms with van der Waals surface area (Å²) in [6.45, 7) is 0. The van der Waals surface area contributed by atoms with Gasteiger partial charge in [0.05, 0.1) is 6.04 Å². The van der Waals surface area contributed by atoms with E-state index in [4.69, 9.17) is 0 Å². The summed E-state index contributed by atoms with van der Waals surface area (Å²) in [7, 11) is 0. The van der Waals surface area contributed by atoms with Gasteiger partial charge in [0.25, 0.3) is 0 Å². The molecule has 0 bridgehead atoms. The van der Waals surface area contributed by atoms with Gasteiger partial charge in [-0.25, -0.2) is 0 Å². The van der Waals surface area contributed by atoms with Crippen LogP contribution in [0.2, 0.25) is 0 Å². The molecule has 0 saturated carbocycles. The van der Waals surface area contributed by atoms with Gasteiger partial charge >= 0.3 is 0 Å². The fraction of sp³-hybridized carbons (Fsp3) is 0.417. The lowest BCUT2D eigenvalue weighted by molar-refractivity contribution is -0.110. The lowest BCUT2D eigenvalue weighted by atomic mass is 9.94. The molecule has 1 heterocycles. The number of aldehydes is 1. The largest absolute Gasteiger partial charge is 0.302 e. The van der Waals surface area contributed by atoms with Gasteiger partial charge in [-0.3, -0.25) is 0 Å². The number of halogens is 1. The van der Waals surface area contributed by atoms with Crippen LogP contribution in [0.1, 0.15) is 30.9 Å². The van der Waals surface area contributed by atoms with Crippen LogP contribution in [0.25, 0.3) is 0 Å². The zero-order valence-electron chi connectivity index (χ0n) is 8.45. The number of carbonyl (C=O) groups excluding carboxylic acids is 1. The Balaban J connectivity index is 2.09. The molecule has 1 aliphatic heterocycles. The number of carbonyl (C=O) groups is 1. The second-order valence-electron chi connectivity index (χ2n) is 3.94. The maximum Gasteiger partial charge on any atom is 0.136 e. The minimum atomic E-state index is 0.0346. The van der Waals surface area contributed by atoms with Crippen molar-refractivity contribution in [3.8, 4) is 0 Å². The molecule has 80 valence electrons. The third-order valence-electron chi connectivity index (χ3n) is 2.86. The van der Waals surface area contributed by atoms with Crippen LogP contribution < -0.4 is 5.32 Å². The molecule has 1 saturated heterocycles. The average Bonchev–Trinajstić information content (AvgIpc) is 2.30. The minimum Gasteiger partial charge on any atom is -0.302 e. The van der Waals surface area contributed by atoms with Crippen molar-refractivity contribution in [3.63, 3.8) is 0 Å². The van der Waals surface area contributed by atoms with E-state index in [9.17, 15) is 4.79 Å². The van der Waals surface area contributed by atoms with E-state index in [1.54, 1.807) is 0 Å². The fourth-order valence-corrected chi connectivity index (χ4v) is 2.30. The molecule has 15 heavy (non-hydrogen) atoms. The molecule has 2 rings (SSSR count). The number of nitrogens with one attached hydrogen (secondary N) is 1. The smallest absolute Gasteiger partial charge is 0.136 e. The van der Waals surface area contributed by atoms with Crippen molar-refractivity contribution in [2.45, 2.75) is 31.3 Å². The SMILES string of the molecule is O=CC1CCCC(c2ccc(Br)cc2)N1. The van der Waals surface area contributed by atoms with Gasteiger partial charge < -0.3 is 10.1 Å². The van der Waals surface area contributed by atoms with Crippen molar-refractivity contribution in [1.29, 1.82) is 0 Å². The predicted octanol–water partition coefficient (Wildman–Crippen LogP) is 2.83. The lowest BCUT2D eigenvalue weighted by Crippen LogP contribution is -2.37. The van der Waals surface area contributed by atoms with E-state index in [0.29, 0.717) is 6.04 Å². The molecule has 2 unspecified atom stereocenters. The van der Waals surface area contributed by atoms with E-state index in [-0.39, 0.29) is 6.04 Å². The first-order valence-electron chi connectivity index (χ1n) is 5.26. The van der Waals surface area contributed by atoms with Crippen LogP contribution in [0, 0.1) is 0 Å². The molecular weight excluding hydrogens is 254 g/mol. The molecule has 2 nitrogen and oxygen atoms in total. The highest BCUT2D eigenvalue weighted by atomic mass is 79.9. The molecule has 0 aliphatic carbocycles. The van der Waals surface area contributed by atoms with Crippen molar-refractivity contribution in [2.75, 3.05) is 0 Å². The number of hydrogen-bond acceptors (Lipinski definition) is 2. The second kappa shape index (κ2) is 4.90. The highest BCUT2D eigenvalue weighted by molar-refractivity contribution is 9.10. The van der Waals surface area contributed by atoms with Crippen molar-refractivity contribution >= 4 is 22.2 Å². The van der Waals surface area contributed by atoms with Crippen LogP contribution in [0.3, 0.4) is 0 Å². The quantitative estimate of drug-likeness (QED) is 0.836. The minimum absolute atomic E-state index is 0.0346. The molecular formula is C12H14BrNO. The van der Waals surface area contributed by atoms with E-state index < -0.39 is 0 Å². The van der Waals surface area contributed by atoms with Crippen molar-refractivity contribution < 1.29 is 4.79 Å². The molecule has 3 heteroatoms. The summed E-state index contributed by atoms with van der Waals surface area (Å²) in [5.41, 5.74) is 1.27. The van der Waals surface area contributed by atoms with E-state index in [1.165, 1.54) is 5.56 Å². The van der Waals surface area contributed by atoms with Crippen LogP contribution in [-0.4, -0.2) is 12.3 Å². The topological polar surface area (TPSA) is 29.1 Å². The third-order valence-corrected chi connectivity index (χ3v) is 3.39. The average molecular weight is 268 g/mol. The van der Waals surface area contributed by atoms with E-state index >= 15 is 0 Å². The summed E-state index contributed by atoms with van der Waals surface area (Å²) in [6.07, 6.45) is 4.23. The Bertz CT molecular complexity index is 336. The van der Waals surface area contributed by atoms with Crippen LogP contribution in [-0.2, 0) is 4.79 Å². The first-order chi connectivity index (χ1) is 7.29. The zero-order valence-corrected chi connectivity index (χ0v) is 10.0. The Hall–Kier alpha value is -0.670. The normalized spacial score (nSPS) is 26.2. The van der Waals surface area contributed by atoms with Gasteiger partial charge in [-0.15, -0.1) is 0 Å². The number of hydrogen-bond donors (Lipinski definition) is 1. The van der Waals surface area contributed by atoms with E-state index in [0.717, 1.165) is 30.0 Å². The summed E-state index contributed by atoms with van der Waals surface area (Å²) < 4.78 is 1.09. The molecule has 0 radical (unpaired) electrons. The summed E-state index contributed by atoms with van der Waals surface area (Å²) in [5.74, 6) is 0. The standard InChI is InChI=1S/C12H14BrNO/c13-10-6-4-9(5-7-10)12-3-1-2-11(8-15)14-12/h4-8,11-12,14H,1-3H2. The highest BCUT2D eigenvalue weighted by Crippen LogP contribution is 2.25. The van der Waals surface area contributed by atoms with Gasteiger partial charge in [-0.1, -0.05) is 28.1 Å². The third kappa shape index (κ3) is 2.67. The second-order valence-corrected chi connectivity index (χ2v) is 4.86. The Labute approximate surface area is 98.2 Å². The molecule has 1 fully saturated rings. The molecule has 0 spiro atoms. The lowest BCUT2D eigenvalue weighted by Gasteiger charge is -2.28. The van der Waals surface area contributed by atoms with Crippen molar-refractivity contribution in [2.24, 2.45) is 0 Å². The van der Waals surface area contributed by atoms with Gasteiger partial charge in [-0.05, 0) is 37.0 Å². The predicted molar refractivity (Wildman–Crippen MR) is 63.7 cm³/mol. The summed E-state index contributed by atoms with van der Waals surface area (Å²) in [6, 6.07) is 8.67. The Morgan fingerprint density at radius 2 is 2.00 bits per heavy atom. The van der Waals surface area contributed by atoms with Crippen LogP contribution in [0.4, 0.5) is 0 Å². The van der Waals surface area contributed by atoms with Crippen LogP contribution in [0.15, 0.2) is 28.7 Å². The number of rotatable bonds is 2. The van der Waals surface area contributed by atoms with Gasteiger partial charge in [0.15, 0.2) is 0 Å². The Morgan fingerprint density at radius 3 is 2.67 bits per heavy atom. The van der Waals surface area contributed by atoms with E-state index in [2.05, 4.69) is 33.4 Å². The first kappa shape index (κ1) is 10.8. The molecule has 1 aromatic carbocycles. The molecule has 1 aromatic rings. The number of piperidine rings is 1. The first-order valence-corrected chi connectivity index (χ1v) is 6.05. The molecule has 1 aliphatic rings. The van der Waals surface area contributed by atoms with Crippen LogP contribution >= 0.6 is 15.9 Å². The van der Waals surface area contributed by atoms with Gasteiger partial charge in [0.2, 0.25) is 0 Å². The van der Waals surface area contributed by atoms with Crippen LogP contribution in [0.5, 0.6) is 0 Å². The Morgan fingerprint density at radius 1 is 1.27 bits per heavy atom. The summed E-state index contributed by atoms with van der Waals surface area (Å²) in [5, 5.41) is 3.36. The van der Waals surface area contributed by atoms with Crippen molar-refractivity contribution in [3.05, 3.63) is 34.3 Å². The zero-order chi connectivity index (χ0) is 10.7. The summed E-state index contributed by atoms with van der Waals surface area (Å²) in [4.78, 5) is 10.7. The van der Waals surface area contributed by atoms with E-state index in [1.807, 2.05) is 12.1 Å². The molecule has 0 amide bonds. The molecule has 0 aromatic heterocycles. The monoisotopic (exact) mass is 267 g/mol.